The maximum atomic E-state index is 14.0. The third-order valence-electron chi connectivity index (χ3n) is 7.38. The highest BCUT2D eigenvalue weighted by Crippen LogP contribution is 2.46. The summed E-state index contributed by atoms with van der Waals surface area (Å²) in [4.78, 5) is 26.3. The molecule has 206 valence electrons. The van der Waals surface area contributed by atoms with Crippen molar-refractivity contribution in [2.75, 3.05) is 44.4 Å². The number of nitrogens with zero attached hydrogens (tertiary/aromatic N) is 4. The smallest absolute Gasteiger partial charge is 0.340 e. The van der Waals surface area contributed by atoms with Crippen molar-refractivity contribution >= 4 is 40.6 Å². The van der Waals surface area contributed by atoms with Crippen molar-refractivity contribution in [3.8, 4) is 10.6 Å². The van der Waals surface area contributed by atoms with Crippen LogP contribution < -0.4 is 5.32 Å². The molecular weight excluding hydrogens is 550 g/mol. The SMILES string of the molecule is CN1CCSc2cc(-c3nc(Nc4cc5c(cc4C4CC4)CN(CCF)CC5)ncc3C(F)(F)F)sc2C1=O. The Kier molecular flexibility index (Phi) is 7.05. The first kappa shape index (κ1) is 26.5. The minimum absolute atomic E-state index is 0.0782. The summed E-state index contributed by atoms with van der Waals surface area (Å²) >= 11 is 2.50. The summed E-state index contributed by atoms with van der Waals surface area (Å²) in [5.41, 5.74) is 3.04. The van der Waals surface area contributed by atoms with Crippen LogP contribution in [-0.2, 0) is 19.1 Å². The van der Waals surface area contributed by atoms with Crippen LogP contribution in [0.1, 0.15) is 50.7 Å². The molecule has 3 aromatic rings. The fourth-order valence-corrected chi connectivity index (χ4v) is 7.54. The molecule has 1 fully saturated rings. The van der Waals surface area contributed by atoms with E-state index in [0.717, 1.165) is 60.2 Å². The highest BCUT2D eigenvalue weighted by atomic mass is 32.2. The van der Waals surface area contributed by atoms with E-state index in [1.165, 1.54) is 17.3 Å². The van der Waals surface area contributed by atoms with Gasteiger partial charge in [0.2, 0.25) is 5.95 Å². The standard InChI is InChI=1S/C27H27F4N5OS2/c1-35-8-9-38-22-12-21(39-24(22)25(35)37)23-19(27(29,30)31)13-32-26(34-23)33-20-11-16-4-6-36(7-5-28)14-17(16)10-18(20)15-2-3-15/h10-13,15H,2-9,14H2,1H3,(H,32,33,34). The van der Waals surface area contributed by atoms with E-state index < -0.39 is 11.7 Å². The molecule has 0 saturated heterocycles. The van der Waals surface area contributed by atoms with Gasteiger partial charge in [-0.3, -0.25) is 9.69 Å². The zero-order chi connectivity index (χ0) is 27.3. The zero-order valence-corrected chi connectivity index (χ0v) is 22.9. The number of thiophene rings is 1. The second-order valence-corrected chi connectivity index (χ2v) is 12.3. The fraction of sp³-hybridized carbons (Fsp3) is 0.444. The molecule has 1 amide bonds. The number of fused-ring (bicyclic) bond motifs is 2. The molecule has 1 N–H and O–H groups in total. The predicted octanol–water partition coefficient (Wildman–Crippen LogP) is 6.35. The van der Waals surface area contributed by atoms with Gasteiger partial charge in [0.1, 0.15) is 17.1 Å². The number of rotatable bonds is 6. The van der Waals surface area contributed by atoms with E-state index in [9.17, 15) is 22.4 Å². The lowest BCUT2D eigenvalue weighted by Crippen LogP contribution is -2.32. The highest BCUT2D eigenvalue weighted by Gasteiger charge is 2.37. The second kappa shape index (κ2) is 10.4. The van der Waals surface area contributed by atoms with Gasteiger partial charge in [-0.05, 0) is 54.0 Å². The normalized spacial score (nSPS) is 18.1. The van der Waals surface area contributed by atoms with Gasteiger partial charge in [0.05, 0.1) is 10.6 Å². The molecule has 6 nitrogen and oxygen atoms in total. The summed E-state index contributed by atoms with van der Waals surface area (Å²) < 4.78 is 55.0. The molecule has 0 atom stereocenters. The zero-order valence-electron chi connectivity index (χ0n) is 21.3. The average molecular weight is 578 g/mol. The van der Waals surface area contributed by atoms with E-state index in [1.54, 1.807) is 18.0 Å². The van der Waals surface area contributed by atoms with E-state index in [-0.39, 0.29) is 29.1 Å². The molecule has 0 spiro atoms. The van der Waals surface area contributed by atoms with Crippen LogP contribution >= 0.6 is 23.1 Å². The molecule has 2 aliphatic heterocycles. The lowest BCUT2D eigenvalue weighted by molar-refractivity contribution is -0.137. The number of thioether (sulfide) groups is 1. The number of nitrogens with one attached hydrogen (secondary N) is 1. The molecule has 0 unspecified atom stereocenters. The van der Waals surface area contributed by atoms with Crippen molar-refractivity contribution in [3.05, 3.63) is 51.5 Å². The van der Waals surface area contributed by atoms with Crippen molar-refractivity contribution in [1.82, 2.24) is 19.8 Å². The van der Waals surface area contributed by atoms with E-state index >= 15 is 0 Å². The summed E-state index contributed by atoms with van der Waals surface area (Å²) in [6.45, 7) is 2.06. The molecular formula is C27H27F4N5OS2. The Balaban J connectivity index is 1.37. The summed E-state index contributed by atoms with van der Waals surface area (Å²) in [5.74, 6) is 0.924. The van der Waals surface area contributed by atoms with Crippen molar-refractivity contribution in [2.45, 2.75) is 42.8 Å². The number of alkyl halides is 4. The Bertz CT molecular complexity index is 1420. The van der Waals surface area contributed by atoms with E-state index in [4.69, 9.17) is 0 Å². The number of aromatic nitrogens is 2. The third-order valence-corrected chi connectivity index (χ3v) is 9.66. The van der Waals surface area contributed by atoms with Crippen LogP contribution in [0.5, 0.6) is 0 Å². The van der Waals surface area contributed by atoms with Gasteiger partial charge in [0, 0.05) is 55.8 Å². The largest absolute Gasteiger partial charge is 0.420 e. The van der Waals surface area contributed by atoms with Gasteiger partial charge >= 0.3 is 6.18 Å². The highest BCUT2D eigenvalue weighted by molar-refractivity contribution is 7.99. The average Bonchev–Trinajstić information content (AvgIpc) is 3.68. The lowest BCUT2D eigenvalue weighted by Gasteiger charge is -2.29. The Morgan fingerprint density at radius 3 is 2.72 bits per heavy atom. The van der Waals surface area contributed by atoms with Gasteiger partial charge in [0.15, 0.2) is 0 Å². The molecule has 12 heteroatoms. The fourth-order valence-electron chi connectivity index (χ4n) is 5.11. The van der Waals surface area contributed by atoms with Gasteiger partial charge in [-0.1, -0.05) is 6.07 Å². The monoisotopic (exact) mass is 577 g/mol. The van der Waals surface area contributed by atoms with Gasteiger partial charge in [0.25, 0.3) is 5.91 Å². The minimum Gasteiger partial charge on any atom is -0.340 e. The Labute approximate surface area is 231 Å². The second-order valence-electron chi connectivity index (χ2n) is 10.2. The molecule has 39 heavy (non-hydrogen) atoms. The van der Waals surface area contributed by atoms with Crippen LogP contribution in [-0.4, -0.2) is 64.8 Å². The number of anilines is 2. The first-order valence-corrected chi connectivity index (χ1v) is 14.7. The quantitative estimate of drug-likeness (QED) is 0.345. The molecule has 2 aromatic heterocycles. The third kappa shape index (κ3) is 5.38. The molecule has 1 aromatic carbocycles. The van der Waals surface area contributed by atoms with Crippen LogP contribution in [0.15, 0.2) is 29.3 Å². The van der Waals surface area contributed by atoms with E-state index in [2.05, 4.69) is 32.3 Å². The van der Waals surface area contributed by atoms with Crippen molar-refractivity contribution in [1.29, 1.82) is 0 Å². The molecule has 0 radical (unpaired) electrons. The topological polar surface area (TPSA) is 61.4 Å². The van der Waals surface area contributed by atoms with Crippen molar-refractivity contribution < 1.29 is 22.4 Å². The summed E-state index contributed by atoms with van der Waals surface area (Å²) in [6, 6.07) is 5.84. The van der Waals surface area contributed by atoms with Gasteiger partial charge in [-0.25, -0.2) is 14.4 Å². The molecule has 1 aliphatic carbocycles. The summed E-state index contributed by atoms with van der Waals surface area (Å²) in [5, 5.41) is 3.22. The molecule has 4 heterocycles. The van der Waals surface area contributed by atoms with Crippen LogP contribution in [0.25, 0.3) is 10.6 Å². The van der Waals surface area contributed by atoms with Crippen LogP contribution in [0.3, 0.4) is 0 Å². The van der Waals surface area contributed by atoms with Gasteiger partial charge < -0.3 is 10.2 Å². The number of halogens is 4. The van der Waals surface area contributed by atoms with Gasteiger partial charge in [-0.15, -0.1) is 23.1 Å². The first-order valence-electron chi connectivity index (χ1n) is 12.9. The van der Waals surface area contributed by atoms with Crippen LogP contribution in [0.2, 0.25) is 0 Å². The number of hydrogen-bond acceptors (Lipinski definition) is 7. The molecule has 1 saturated carbocycles. The number of carbonyl (C=O) groups is 1. The summed E-state index contributed by atoms with van der Waals surface area (Å²) in [6.07, 6.45) is -0.974. The Morgan fingerprint density at radius 2 is 1.97 bits per heavy atom. The molecule has 3 aliphatic rings. The van der Waals surface area contributed by atoms with E-state index in [0.29, 0.717) is 41.1 Å². The van der Waals surface area contributed by atoms with E-state index in [1.807, 2.05) is 0 Å². The summed E-state index contributed by atoms with van der Waals surface area (Å²) in [7, 11) is 1.69. The lowest BCUT2D eigenvalue weighted by atomic mass is 9.94. The minimum atomic E-state index is -4.65. The van der Waals surface area contributed by atoms with Crippen molar-refractivity contribution in [2.24, 2.45) is 0 Å². The maximum Gasteiger partial charge on any atom is 0.420 e. The van der Waals surface area contributed by atoms with Gasteiger partial charge in [-0.2, -0.15) is 13.2 Å². The number of amides is 1. The predicted molar refractivity (Wildman–Crippen MR) is 145 cm³/mol. The first-order chi connectivity index (χ1) is 18.7. The molecule has 6 rings (SSSR count). The number of benzene rings is 1. The number of carbonyl (C=O) groups excluding carboxylic acids is 1. The van der Waals surface area contributed by atoms with Crippen LogP contribution in [0, 0.1) is 0 Å². The number of hydrogen-bond donors (Lipinski definition) is 1. The van der Waals surface area contributed by atoms with Crippen LogP contribution in [0.4, 0.5) is 29.2 Å². The Morgan fingerprint density at radius 1 is 1.15 bits per heavy atom. The molecule has 0 bridgehead atoms. The van der Waals surface area contributed by atoms with Crippen molar-refractivity contribution in [3.63, 3.8) is 0 Å². The Hall–Kier alpha value is -2.70. The maximum absolute atomic E-state index is 14.0.